The van der Waals surface area contributed by atoms with Gasteiger partial charge in [0.2, 0.25) is 0 Å². The van der Waals surface area contributed by atoms with Crippen molar-refractivity contribution in [1.29, 1.82) is 0 Å². The van der Waals surface area contributed by atoms with Crippen molar-refractivity contribution in [2.45, 2.75) is 26.2 Å². The van der Waals surface area contributed by atoms with Gasteiger partial charge in [-0.15, -0.1) is 0 Å². The molecular weight excluding hydrogens is 308 g/mol. The van der Waals surface area contributed by atoms with Gasteiger partial charge in [0.25, 0.3) is 0 Å². The second kappa shape index (κ2) is 9.47. The zero-order valence-corrected chi connectivity index (χ0v) is 15.3. The first-order chi connectivity index (χ1) is 12.3. The van der Waals surface area contributed by atoms with Gasteiger partial charge in [0.05, 0.1) is 6.61 Å². The van der Waals surface area contributed by atoms with Crippen molar-refractivity contribution < 1.29 is 4.74 Å². The van der Waals surface area contributed by atoms with E-state index < -0.39 is 0 Å². The van der Waals surface area contributed by atoms with E-state index in [4.69, 9.17) is 4.74 Å². The van der Waals surface area contributed by atoms with Gasteiger partial charge in [-0.05, 0) is 68.1 Å². The Morgan fingerprint density at radius 1 is 1.08 bits per heavy atom. The maximum absolute atomic E-state index is 5.89. The molecule has 3 rings (SSSR count). The summed E-state index contributed by atoms with van der Waals surface area (Å²) in [7, 11) is 0. The minimum atomic E-state index is 0.767. The first kappa shape index (κ1) is 17.8. The lowest BCUT2D eigenvalue weighted by molar-refractivity contribution is 0.311. The van der Waals surface area contributed by atoms with Gasteiger partial charge in [0.1, 0.15) is 5.75 Å². The zero-order chi connectivity index (χ0) is 17.3. The molecule has 1 saturated heterocycles. The van der Waals surface area contributed by atoms with Gasteiger partial charge in [0, 0.05) is 18.8 Å². The third-order valence-electron chi connectivity index (χ3n) is 4.89. The fraction of sp³-hybridized carbons (Fsp3) is 0.455. The van der Waals surface area contributed by atoms with Crippen molar-refractivity contribution in [3.05, 3.63) is 60.2 Å². The van der Waals surface area contributed by atoms with E-state index in [1.165, 1.54) is 17.7 Å². The molecule has 0 saturated carbocycles. The van der Waals surface area contributed by atoms with E-state index in [0.29, 0.717) is 0 Å². The Morgan fingerprint density at radius 2 is 1.88 bits per heavy atom. The van der Waals surface area contributed by atoms with Crippen molar-refractivity contribution in [2.75, 3.05) is 37.7 Å². The lowest BCUT2D eigenvalue weighted by Gasteiger charge is -2.19. The first-order valence-corrected chi connectivity index (χ1v) is 9.57. The Labute approximate surface area is 152 Å². The Bertz CT molecular complexity index is 612. The van der Waals surface area contributed by atoms with Crippen molar-refractivity contribution in [1.82, 2.24) is 5.32 Å². The third-order valence-corrected chi connectivity index (χ3v) is 4.89. The molecular formula is C22H30N2O. The molecule has 1 atom stereocenters. The summed E-state index contributed by atoms with van der Waals surface area (Å²) in [5.41, 5.74) is 2.69. The summed E-state index contributed by atoms with van der Waals surface area (Å²) in [5.74, 6) is 1.74. The monoisotopic (exact) mass is 338 g/mol. The number of nitrogens with zero attached hydrogens (tertiary/aromatic N) is 1. The van der Waals surface area contributed by atoms with Crippen molar-refractivity contribution >= 4 is 5.69 Å². The van der Waals surface area contributed by atoms with Gasteiger partial charge in [0.15, 0.2) is 0 Å². The Hall–Kier alpha value is -2.00. The molecule has 0 aliphatic carbocycles. The number of hydrogen-bond donors (Lipinski definition) is 1. The highest BCUT2D eigenvalue weighted by Crippen LogP contribution is 2.25. The van der Waals surface area contributed by atoms with Gasteiger partial charge in [-0.1, -0.05) is 37.3 Å². The molecule has 3 nitrogen and oxygen atoms in total. The summed E-state index contributed by atoms with van der Waals surface area (Å²) >= 11 is 0. The number of nitrogens with one attached hydrogen (secondary N) is 1. The molecule has 3 heteroatoms. The lowest BCUT2D eigenvalue weighted by atomic mass is 10.1. The molecule has 0 radical (unpaired) electrons. The summed E-state index contributed by atoms with van der Waals surface area (Å²) in [6.45, 7) is 7.45. The number of anilines is 1. The van der Waals surface area contributed by atoms with E-state index in [2.05, 4.69) is 71.7 Å². The smallest absolute Gasteiger partial charge is 0.119 e. The van der Waals surface area contributed by atoms with Crippen LogP contribution in [0, 0.1) is 5.92 Å². The molecule has 25 heavy (non-hydrogen) atoms. The second-order valence-corrected chi connectivity index (χ2v) is 6.84. The number of rotatable bonds is 9. The largest absolute Gasteiger partial charge is 0.494 e. The van der Waals surface area contributed by atoms with Gasteiger partial charge in [-0.25, -0.2) is 0 Å². The summed E-state index contributed by atoms with van der Waals surface area (Å²) < 4.78 is 5.89. The fourth-order valence-corrected chi connectivity index (χ4v) is 3.45. The molecule has 1 heterocycles. The number of hydrogen-bond acceptors (Lipinski definition) is 3. The first-order valence-electron chi connectivity index (χ1n) is 9.57. The average Bonchev–Trinajstić information content (AvgIpc) is 3.14. The highest BCUT2D eigenvalue weighted by Gasteiger charge is 2.22. The normalized spacial score (nSPS) is 17.0. The summed E-state index contributed by atoms with van der Waals surface area (Å²) in [6.07, 6.45) is 3.40. The topological polar surface area (TPSA) is 24.5 Å². The van der Waals surface area contributed by atoms with Gasteiger partial charge in [-0.2, -0.15) is 0 Å². The van der Waals surface area contributed by atoms with Crippen LogP contribution in [0.15, 0.2) is 54.6 Å². The number of aryl methyl sites for hydroxylation is 1. The molecule has 0 amide bonds. The maximum atomic E-state index is 5.89. The molecule has 0 aromatic heterocycles. The Morgan fingerprint density at radius 3 is 2.64 bits per heavy atom. The van der Waals surface area contributed by atoms with Crippen LogP contribution in [-0.4, -0.2) is 32.8 Å². The second-order valence-electron chi connectivity index (χ2n) is 6.84. The molecule has 0 spiro atoms. The standard InChI is InChI=1S/C22H30N2O/c1-2-23-17-20-14-15-24(18-20)21-10-12-22(13-11-21)25-16-6-9-19-7-4-3-5-8-19/h3-5,7-8,10-13,20,23H,2,6,9,14-18H2,1H3. The van der Waals surface area contributed by atoms with E-state index in [9.17, 15) is 0 Å². The summed E-state index contributed by atoms with van der Waals surface area (Å²) in [6, 6.07) is 19.2. The molecule has 1 unspecified atom stereocenters. The fourth-order valence-electron chi connectivity index (χ4n) is 3.45. The molecule has 2 aromatic carbocycles. The van der Waals surface area contributed by atoms with E-state index in [0.717, 1.165) is 57.3 Å². The van der Waals surface area contributed by atoms with E-state index in [1.54, 1.807) is 0 Å². The highest BCUT2D eigenvalue weighted by molar-refractivity contribution is 5.49. The minimum Gasteiger partial charge on any atom is -0.494 e. The Kier molecular flexibility index (Phi) is 6.75. The Balaban J connectivity index is 1.40. The van der Waals surface area contributed by atoms with Gasteiger partial charge < -0.3 is 15.0 Å². The number of ether oxygens (including phenoxy) is 1. The third kappa shape index (κ3) is 5.50. The molecule has 134 valence electrons. The van der Waals surface area contributed by atoms with E-state index in [1.807, 2.05) is 0 Å². The van der Waals surface area contributed by atoms with Crippen molar-refractivity contribution in [3.8, 4) is 5.75 Å². The van der Waals surface area contributed by atoms with E-state index in [-0.39, 0.29) is 0 Å². The molecule has 0 bridgehead atoms. The van der Waals surface area contributed by atoms with Crippen LogP contribution in [0.2, 0.25) is 0 Å². The maximum Gasteiger partial charge on any atom is 0.119 e. The van der Waals surface area contributed by atoms with Crippen molar-refractivity contribution in [3.63, 3.8) is 0 Å². The van der Waals surface area contributed by atoms with E-state index >= 15 is 0 Å². The lowest BCUT2D eigenvalue weighted by Crippen LogP contribution is -2.26. The predicted octanol–water partition coefficient (Wildman–Crippen LogP) is 4.13. The average molecular weight is 338 g/mol. The van der Waals surface area contributed by atoms with Crippen LogP contribution in [0.5, 0.6) is 5.75 Å². The SMILES string of the molecule is CCNCC1CCN(c2ccc(OCCCc3ccccc3)cc2)C1. The molecule has 1 aliphatic heterocycles. The minimum absolute atomic E-state index is 0.767. The van der Waals surface area contributed by atoms with Crippen LogP contribution in [0.1, 0.15) is 25.3 Å². The van der Waals surface area contributed by atoms with Crippen LogP contribution in [0.4, 0.5) is 5.69 Å². The number of benzene rings is 2. The molecule has 2 aromatic rings. The quantitative estimate of drug-likeness (QED) is 0.696. The summed E-state index contributed by atoms with van der Waals surface area (Å²) in [4.78, 5) is 2.49. The van der Waals surface area contributed by atoms with Crippen molar-refractivity contribution in [2.24, 2.45) is 5.92 Å². The molecule has 1 aliphatic rings. The van der Waals surface area contributed by atoms with Crippen LogP contribution < -0.4 is 15.0 Å². The van der Waals surface area contributed by atoms with Crippen LogP contribution in [0.3, 0.4) is 0 Å². The van der Waals surface area contributed by atoms with Gasteiger partial charge in [-0.3, -0.25) is 0 Å². The van der Waals surface area contributed by atoms with Crippen LogP contribution >= 0.6 is 0 Å². The predicted molar refractivity (Wildman–Crippen MR) is 106 cm³/mol. The summed E-state index contributed by atoms with van der Waals surface area (Å²) in [5, 5.41) is 3.47. The highest BCUT2D eigenvalue weighted by atomic mass is 16.5. The van der Waals surface area contributed by atoms with Gasteiger partial charge >= 0.3 is 0 Å². The molecule has 1 fully saturated rings. The zero-order valence-electron chi connectivity index (χ0n) is 15.3. The molecule has 1 N–H and O–H groups in total. The van der Waals surface area contributed by atoms with Crippen LogP contribution in [-0.2, 0) is 6.42 Å². The van der Waals surface area contributed by atoms with Crippen LogP contribution in [0.25, 0.3) is 0 Å².